The van der Waals surface area contributed by atoms with E-state index in [0.29, 0.717) is 0 Å². The summed E-state index contributed by atoms with van der Waals surface area (Å²) in [5.41, 5.74) is 5.88. The van der Waals surface area contributed by atoms with E-state index in [1.165, 1.54) is 13.7 Å². The number of fused-ring (bicyclic) bond motifs is 10. The van der Waals surface area contributed by atoms with Crippen LogP contribution < -0.4 is 39.4 Å². The standard InChI is InChI=1S/C40H39F2N11O11P2S2.C23H23F2N9O9P2S2.H3N/c1-4-40-19-60-66(68,58-15-9-13-44)64-31-29(42)25(61-38(31)53-21-47-30-34(53)49-39(51-37(30)56)50-35(54)22(2)3)18-59-65(67,57-14-8-12-43)63-26(40)16-27(62-40)52-17-24(41)28-32(45-20-46-33(28)52)48-36(55)23-10-6-5-7-11-23;1-2-23-6-39-45(37,47)43-16-14(25)10(40-21(16)34-8-30-15-19(34)31-22(27)32-20(15)35)5-38-44(36,46)42-11(23)3-12(41-23)33-4-9(24)13-17(26)28-7-29-18(13)33;/h1,5-7,10-11,17,20-22,25-27,29,31,38H,8-9,14-16,18-19H2,2-3H3,(H,45,46,48,55)(H2,49,50,51,54,56);1,4,7-8,10-12,14,16,21H,3,5-6H2,(H,36,46)(H,37,47)(H2,26,28,29)(H3,27,31,32,35);1H3/t25-,26+,27-,29-,31-,38-,40-,65?,66?;10-,11+,12-,14-,16-,21-,23-,44?,45?;/m11./s1. The molecule has 18 atom stereocenters. The van der Waals surface area contributed by atoms with Crippen molar-refractivity contribution in [2.75, 3.05) is 61.7 Å². The van der Waals surface area contributed by atoms with Crippen LogP contribution in [-0.4, -0.2) is 190 Å². The minimum atomic E-state index is -4.41. The van der Waals surface area contributed by atoms with Crippen LogP contribution in [0.4, 0.5) is 41.1 Å². The lowest BCUT2D eigenvalue weighted by atomic mass is 9.99. The molecule has 0 saturated carbocycles. The first-order valence-corrected chi connectivity index (χ1v) is 44.3. The quantitative estimate of drug-likeness (QED) is 0.0260. The number of nitrogens with zero attached hydrogens (tertiary/aromatic N) is 14. The van der Waals surface area contributed by atoms with Gasteiger partial charge >= 0.3 is 26.9 Å². The van der Waals surface area contributed by atoms with E-state index in [9.17, 15) is 43.9 Å². The summed E-state index contributed by atoms with van der Waals surface area (Å²) < 4.78 is 153. The molecule has 6 saturated heterocycles. The molecule has 6 aliphatic heterocycles. The molecule has 15 rings (SSSR count). The highest BCUT2D eigenvalue weighted by Crippen LogP contribution is 2.61. The third-order valence-corrected chi connectivity index (χ3v) is 26.3. The highest BCUT2D eigenvalue weighted by atomic mass is 32.5. The van der Waals surface area contributed by atoms with E-state index >= 15 is 13.2 Å². The summed E-state index contributed by atoms with van der Waals surface area (Å²) in [6.45, 7) is -17.2. The van der Waals surface area contributed by atoms with Crippen molar-refractivity contribution in [3.8, 4) is 36.8 Å². The SMILES string of the molecule is C#C[C@@]12COP(=S)(OCCC#N)O[C@@H]3[C@H](F)[C@@H](COP(=S)(OCCC#N)O[C@H]1C[C@H](n1cc(F)c4c(NC(=O)c5ccccc5)ncnc41)O2)O[C@H]3n1cnc2c(=O)[nH]c(NC(=O)C(C)C)nc21.C#C[C@@]12COP(O)(=S)O[C@@H]3[C@H](F)[C@@H](COP(O)(=S)O[C@H]1C[C@H](n1cc(F)c4c(N)ncnc41)O2)O[C@H]3n1cnc2c(=O)[nH]c(N)nc21.N. The molecule has 2 amide bonds. The fourth-order valence-electron chi connectivity index (χ4n) is 12.9. The molecule has 9 aromatic rings. The Balaban J connectivity index is 0.000000213. The van der Waals surface area contributed by atoms with Gasteiger partial charge in [-0.3, -0.25) is 52.6 Å². The highest BCUT2D eigenvalue weighted by Gasteiger charge is 2.59. The molecule has 0 radical (unpaired) electrons. The number of aromatic nitrogens is 14. The Bertz CT molecular complexity index is 5830. The number of carbonyl (C=O) groups is 2. The van der Waals surface area contributed by atoms with Crippen molar-refractivity contribution < 1.29 is 101 Å². The largest absolute Gasteiger partial charge is 0.383 e. The number of terminal acetylenes is 2. The molecule has 53 heteroatoms. The smallest absolute Gasteiger partial charge is 0.327 e. The number of hydrogen-bond donors (Lipinski definition) is 9. The Morgan fingerprint density at radius 3 is 1.78 bits per heavy atom. The minimum Gasteiger partial charge on any atom is -0.383 e. The van der Waals surface area contributed by atoms with E-state index < -0.39 is 179 Å². The van der Waals surface area contributed by atoms with Gasteiger partial charge in [-0.05, 0) is 59.4 Å². The monoisotopic (exact) mass is 1760 g/mol. The second-order valence-corrected chi connectivity index (χ2v) is 37.6. The van der Waals surface area contributed by atoms with Gasteiger partial charge in [0.25, 0.3) is 17.0 Å². The molecule has 0 spiro atoms. The second-order valence-electron chi connectivity index (χ2n) is 26.1. The Kier molecular flexibility index (Phi) is 25.0. The number of rotatable bonds is 14. The number of hydrogen-bond acceptors (Lipinski definition) is 35. The number of anilines is 4. The van der Waals surface area contributed by atoms with Gasteiger partial charge in [-0.15, -0.1) is 12.8 Å². The zero-order valence-corrected chi connectivity index (χ0v) is 66.7. The molecular formula is C63H65F4N21O20P4S4. The van der Waals surface area contributed by atoms with Gasteiger partial charge in [-0.25, -0.2) is 47.5 Å². The third kappa shape index (κ3) is 17.1. The lowest BCUT2D eigenvalue weighted by Crippen LogP contribution is -2.44. The van der Waals surface area contributed by atoms with Crippen molar-refractivity contribution in [2.24, 2.45) is 5.92 Å². The Hall–Kier alpha value is -8.56. The maximum Gasteiger partial charge on any atom is 0.327 e. The van der Waals surface area contributed by atoms with Crippen molar-refractivity contribution in [3.63, 3.8) is 0 Å². The molecule has 14 heterocycles. The number of carbonyl (C=O) groups excluding carboxylic acids is 2. The minimum absolute atomic E-state index is 0. The number of imidazole rings is 2. The van der Waals surface area contributed by atoms with Crippen LogP contribution in [0.5, 0.6) is 0 Å². The van der Waals surface area contributed by atoms with Crippen LogP contribution in [-0.2, 0) is 116 Å². The van der Waals surface area contributed by atoms with Crippen molar-refractivity contribution in [1.29, 1.82) is 10.5 Å². The maximum atomic E-state index is 17.0. The van der Waals surface area contributed by atoms with Gasteiger partial charge in [0.15, 0.2) is 81.3 Å². The van der Waals surface area contributed by atoms with Crippen molar-refractivity contribution in [1.82, 2.24) is 74.3 Å². The number of halogens is 4. The number of benzene rings is 1. The summed E-state index contributed by atoms with van der Waals surface area (Å²) >= 11 is 22.2. The van der Waals surface area contributed by atoms with E-state index in [1.54, 1.807) is 44.2 Å². The first kappa shape index (κ1) is 85.3. The highest BCUT2D eigenvalue weighted by molar-refractivity contribution is 8.08. The van der Waals surface area contributed by atoms with E-state index in [2.05, 4.69) is 72.3 Å². The molecule has 4 unspecified atom stereocenters. The molecule has 614 valence electrons. The van der Waals surface area contributed by atoms with Crippen LogP contribution in [0.25, 0.3) is 44.4 Å². The van der Waals surface area contributed by atoms with Gasteiger partial charge in [0.05, 0.1) is 88.0 Å². The van der Waals surface area contributed by atoms with Crippen LogP contribution in [0.2, 0.25) is 0 Å². The van der Waals surface area contributed by atoms with Crippen LogP contribution in [0.15, 0.2) is 77.6 Å². The van der Waals surface area contributed by atoms with Crippen LogP contribution in [0.3, 0.4) is 0 Å². The summed E-state index contributed by atoms with van der Waals surface area (Å²) in [4.78, 5) is 111. The Morgan fingerprint density at radius 1 is 0.681 bits per heavy atom. The fraction of sp³-hybridized carbons (Fsp3) is 0.429. The van der Waals surface area contributed by atoms with E-state index in [0.717, 1.165) is 42.3 Å². The van der Waals surface area contributed by atoms with Gasteiger partial charge in [0, 0.05) is 36.7 Å². The summed E-state index contributed by atoms with van der Waals surface area (Å²) in [5.74, 6) is 1.11. The predicted octanol–water partition coefficient (Wildman–Crippen LogP) is 6.01. The van der Waals surface area contributed by atoms with Gasteiger partial charge in [0.1, 0.15) is 73.4 Å². The zero-order chi connectivity index (χ0) is 81.8. The van der Waals surface area contributed by atoms with Gasteiger partial charge < -0.3 is 97.0 Å². The topological polar surface area (TPSA) is 551 Å². The lowest BCUT2D eigenvalue weighted by molar-refractivity contribution is -0.119. The summed E-state index contributed by atoms with van der Waals surface area (Å²) in [6, 6.07) is 12.1. The fourth-order valence-corrected chi connectivity index (χ4v) is 20.0. The number of nitrogen functional groups attached to an aromatic ring is 2. The molecule has 1 aromatic carbocycles. The van der Waals surface area contributed by atoms with E-state index in [1.807, 2.05) is 12.1 Å². The average Bonchev–Trinajstić information content (AvgIpc) is 1.60. The van der Waals surface area contributed by atoms with Crippen molar-refractivity contribution in [2.45, 2.75) is 125 Å². The number of alkyl halides is 2. The van der Waals surface area contributed by atoms with Crippen LogP contribution in [0.1, 0.15) is 74.8 Å². The number of H-pyrrole nitrogens is 2. The molecule has 0 aliphatic carbocycles. The van der Waals surface area contributed by atoms with Gasteiger partial charge in [-0.1, -0.05) is 43.9 Å². The number of aromatic amines is 2. The van der Waals surface area contributed by atoms with Gasteiger partial charge in [0.2, 0.25) is 17.8 Å². The lowest BCUT2D eigenvalue weighted by Gasteiger charge is -2.34. The first-order valence-electron chi connectivity index (χ1n) is 34.1. The van der Waals surface area contributed by atoms with Crippen LogP contribution in [0, 0.1) is 64.9 Å². The van der Waals surface area contributed by atoms with Crippen molar-refractivity contribution >= 4 is 154 Å². The molecule has 8 aromatic heterocycles. The molecule has 6 fully saturated rings. The molecule has 13 N–H and O–H groups in total. The summed E-state index contributed by atoms with van der Waals surface area (Å²) in [6.07, 6.45) is -0.564. The number of ether oxygens (including phenoxy) is 4. The number of nitriles is 2. The third-order valence-electron chi connectivity index (χ3n) is 18.4. The average molecular weight is 1760 g/mol. The molecule has 41 nitrogen and oxygen atoms in total. The summed E-state index contributed by atoms with van der Waals surface area (Å²) in [7, 11) is 0. The second kappa shape index (κ2) is 34.0. The Labute approximate surface area is 671 Å². The molecule has 6 aliphatic rings. The zero-order valence-electron chi connectivity index (χ0n) is 59.9. The van der Waals surface area contributed by atoms with E-state index in [-0.39, 0.29) is 119 Å². The Morgan fingerprint density at radius 2 is 1.20 bits per heavy atom. The normalized spacial score (nSPS) is 31.4. The van der Waals surface area contributed by atoms with Gasteiger partial charge in [-0.2, -0.15) is 20.5 Å². The van der Waals surface area contributed by atoms with E-state index in [4.69, 9.17) is 136 Å². The molecule has 4 bridgehead atoms. The molecule has 116 heavy (non-hydrogen) atoms. The first-order chi connectivity index (χ1) is 54.8. The predicted molar refractivity (Wildman–Crippen MR) is 410 cm³/mol. The number of nitrogens with two attached hydrogens (primary N) is 2. The number of nitrogens with one attached hydrogen (secondary N) is 4. The number of amides is 2. The summed E-state index contributed by atoms with van der Waals surface area (Å²) in [5, 5.41) is 23.7. The van der Waals surface area contributed by atoms with Crippen LogP contribution >= 0.6 is 26.9 Å². The van der Waals surface area contributed by atoms with Crippen molar-refractivity contribution in [3.05, 3.63) is 106 Å². The maximum absolute atomic E-state index is 17.0. The molecular weight excluding hydrogens is 1700 g/mol.